The maximum Gasteiger partial charge on any atom is 0.389 e. The van der Waals surface area contributed by atoms with E-state index in [2.05, 4.69) is 10.3 Å². The number of carbonyl (C=O) groups is 1. The number of carbonyl (C=O) groups excluding carboxylic acids is 1. The van der Waals surface area contributed by atoms with Crippen molar-refractivity contribution in [3.63, 3.8) is 0 Å². The van der Waals surface area contributed by atoms with Crippen LogP contribution in [0.4, 0.5) is 44.1 Å². The van der Waals surface area contributed by atoms with Crippen LogP contribution in [0.15, 0.2) is 30.3 Å². The first-order valence-electron chi connectivity index (χ1n) is 13.3. The number of aryl methyl sites for hydroxylation is 1. The number of likely N-dealkylation sites (tertiary alicyclic amines) is 1. The number of β-amino-alcohol motifs (C(OH)–C–C–N with tert-alkyl or cyclic N) is 1. The van der Waals surface area contributed by atoms with Gasteiger partial charge in [0.05, 0.1) is 26.3 Å². The van der Waals surface area contributed by atoms with Gasteiger partial charge in [0.25, 0.3) is 5.92 Å². The van der Waals surface area contributed by atoms with Gasteiger partial charge in [-0.3, -0.25) is 0 Å². The fourth-order valence-corrected chi connectivity index (χ4v) is 5.44. The summed E-state index contributed by atoms with van der Waals surface area (Å²) in [7, 11) is 0. The van der Waals surface area contributed by atoms with E-state index in [1.807, 2.05) is 24.0 Å². The first-order chi connectivity index (χ1) is 18.9. The van der Waals surface area contributed by atoms with E-state index in [1.165, 1.54) is 9.80 Å². The van der Waals surface area contributed by atoms with Crippen molar-refractivity contribution >= 4 is 23.4 Å². The first kappa shape index (κ1) is 28.3. The number of aliphatic hydroxyl groups excluding tert-OH is 1. The van der Waals surface area contributed by atoms with Crippen molar-refractivity contribution in [2.45, 2.75) is 38.0 Å². The van der Waals surface area contributed by atoms with E-state index in [0.717, 1.165) is 11.1 Å². The van der Waals surface area contributed by atoms with E-state index in [9.17, 15) is 31.9 Å². The molecule has 0 radical (unpaired) electrons. The van der Waals surface area contributed by atoms with E-state index in [4.69, 9.17) is 4.74 Å². The number of aliphatic hydroxyl groups is 1. The molecule has 218 valence electrons. The molecule has 3 fully saturated rings. The van der Waals surface area contributed by atoms with Crippen molar-refractivity contribution in [3.8, 4) is 11.1 Å². The number of amides is 2. The predicted molar refractivity (Wildman–Crippen MR) is 140 cm³/mol. The van der Waals surface area contributed by atoms with Crippen LogP contribution in [0.1, 0.15) is 18.4 Å². The second kappa shape index (κ2) is 11.0. The molecule has 3 saturated heterocycles. The number of benzene rings is 1. The number of halogens is 5. The quantitative estimate of drug-likeness (QED) is 0.516. The van der Waals surface area contributed by atoms with Crippen molar-refractivity contribution in [1.82, 2.24) is 9.88 Å². The van der Waals surface area contributed by atoms with E-state index < -0.39 is 43.1 Å². The molecule has 1 unspecified atom stereocenters. The van der Waals surface area contributed by atoms with Gasteiger partial charge in [-0.2, -0.15) is 13.2 Å². The Morgan fingerprint density at radius 2 is 1.80 bits per heavy atom. The van der Waals surface area contributed by atoms with Crippen molar-refractivity contribution < 1.29 is 36.6 Å². The van der Waals surface area contributed by atoms with Crippen LogP contribution in [0.3, 0.4) is 0 Å². The van der Waals surface area contributed by atoms with Crippen LogP contribution in [-0.2, 0) is 4.74 Å². The topological polar surface area (TPSA) is 81.2 Å². The lowest BCUT2D eigenvalue weighted by molar-refractivity contribution is -0.143. The molecule has 2 amide bonds. The van der Waals surface area contributed by atoms with Crippen LogP contribution < -0.4 is 15.1 Å². The average Bonchev–Trinajstić information content (AvgIpc) is 3.47. The molecule has 2 atom stereocenters. The number of rotatable bonds is 5. The Balaban J connectivity index is 1.40. The molecule has 0 aliphatic carbocycles. The Morgan fingerprint density at radius 3 is 2.45 bits per heavy atom. The van der Waals surface area contributed by atoms with Crippen LogP contribution in [-0.4, -0.2) is 91.7 Å². The monoisotopic (exact) mass is 569 g/mol. The lowest BCUT2D eigenvalue weighted by Gasteiger charge is -2.29. The molecular formula is C27H32F5N5O3. The number of urea groups is 1. The van der Waals surface area contributed by atoms with E-state index >= 15 is 0 Å². The van der Waals surface area contributed by atoms with Gasteiger partial charge in [-0.25, -0.2) is 18.6 Å². The van der Waals surface area contributed by atoms with Crippen LogP contribution >= 0.6 is 0 Å². The van der Waals surface area contributed by atoms with Gasteiger partial charge < -0.3 is 29.9 Å². The zero-order valence-corrected chi connectivity index (χ0v) is 22.1. The van der Waals surface area contributed by atoms with Gasteiger partial charge in [0, 0.05) is 38.3 Å². The molecule has 5 rings (SSSR count). The standard InChI is InChI=1S/C27H32F5N5O3/c1-17-2-3-20(33-25(39)36-5-4-18(14-36)13-27(30,31)32)12-21(17)19-10-23(35-6-8-40-9-7-35)34-24(11-19)37-15-22(38)26(28,29)16-37/h2-3,10-12,18,22,38H,4-9,13-16H2,1H3,(H,33,39)/t18?,22-/m0/s1. The maximum absolute atomic E-state index is 14.2. The molecule has 0 saturated carbocycles. The molecule has 3 aliphatic rings. The lowest BCUT2D eigenvalue weighted by atomic mass is 10.00. The summed E-state index contributed by atoms with van der Waals surface area (Å²) in [6, 6.07) is 8.35. The number of aromatic nitrogens is 1. The number of morpholine rings is 1. The fourth-order valence-electron chi connectivity index (χ4n) is 5.44. The highest BCUT2D eigenvalue weighted by Gasteiger charge is 2.47. The number of pyridine rings is 1. The summed E-state index contributed by atoms with van der Waals surface area (Å²) in [6.07, 6.45) is -6.69. The fraction of sp³-hybridized carbons (Fsp3) is 0.556. The highest BCUT2D eigenvalue weighted by atomic mass is 19.4. The lowest BCUT2D eigenvalue weighted by Crippen LogP contribution is -2.37. The van der Waals surface area contributed by atoms with E-state index in [0.29, 0.717) is 55.6 Å². The molecule has 2 aromatic rings. The van der Waals surface area contributed by atoms with Crippen molar-refractivity contribution in [1.29, 1.82) is 0 Å². The molecule has 3 aliphatic heterocycles. The molecule has 0 spiro atoms. The highest BCUT2D eigenvalue weighted by Crippen LogP contribution is 2.36. The Labute approximate surface area is 228 Å². The van der Waals surface area contributed by atoms with Crippen molar-refractivity contribution in [2.75, 3.05) is 67.6 Å². The number of nitrogens with zero attached hydrogens (tertiary/aromatic N) is 4. The molecule has 4 heterocycles. The summed E-state index contributed by atoms with van der Waals surface area (Å²) in [4.78, 5) is 22.2. The maximum atomic E-state index is 14.2. The smallest absolute Gasteiger partial charge is 0.385 e. The minimum atomic E-state index is -4.27. The molecule has 40 heavy (non-hydrogen) atoms. The molecule has 2 N–H and O–H groups in total. The van der Waals surface area contributed by atoms with Crippen LogP contribution in [0.2, 0.25) is 0 Å². The van der Waals surface area contributed by atoms with Gasteiger partial charge >= 0.3 is 12.2 Å². The number of nitrogens with one attached hydrogen (secondary N) is 1. The largest absolute Gasteiger partial charge is 0.389 e. The molecule has 1 aromatic carbocycles. The van der Waals surface area contributed by atoms with E-state index in [1.54, 1.807) is 18.2 Å². The molecule has 0 bridgehead atoms. The Kier molecular flexibility index (Phi) is 7.79. The first-order valence-corrected chi connectivity index (χ1v) is 13.3. The zero-order chi connectivity index (χ0) is 28.7. The molecule has 13 heteroatoms. The van der Waals surface area contributed by atoms with Gasteiger partial charge in [0.15, 0.2) is 0 Å². The zero-order valence-electron chi connectivity index (χ0n) is 22.1. The third-order valence-electron chi connectivity index (χ3n) is 7.63. The Bertz CT molecular complexity index is 1240. The molecule has 1 aromatic heterocycles. The third-order valence-corrected chi connectivity index (χ3v) is 7.63. The SMILES string of the molecule is Cc1ccc(NC(=O)N2CCC(CC(F)(F)F)C2)cc1-c1cc(N2CCOCC2)nc(N2C[C@H](O)C(F)(F)C2)c1. The number of hydrogen-bond acceptors (Lipinski definition) is 6. The highest BCUT2D eigenvalue weighted by molar-refractivity contribution is 5.91. The van der Waals surface area contributed by atoms with Gasteiger partial charge in [-0.15, -0.1) is 0 Å². The summed E-state index contributed by atoms with van der Waals surface area (Å²) in [5, 5.41) is 12.7. The normalized spacial score (nSPS) is 23.1. The average molecular weight is 570 g/mol. The number of ether oxygens (including phenoxy) is 1. The van der Waals surface area contributed by atoms with Crippen LogP contribution in [0, 0.1) is 12.8 Å². The van der Waals surface area contributed by atoms with Crippen molar-refractivity contribution in [3.05, 3.63) is 35.9 Å². The minimum Gasteiger partial charge on any atom is -0.385 e. The second-order valence-corrected chi connectivity index (χ2v) is 10.7. The Hall–Kier alpha value is -3.19. The summed E-state index contributed by atoms with van der Waals surface area (Å²) < 4.78 is 72.1. The Morgan fingerprint density at radius 1 is 1.10 bits per heavy atom. The summed E-state index contributed by atoms with van der Waals surface area (Å²) >= 11 is 0. The molecule has 8 nitrogen and oxygen atoms in total. The second-order valence-electron chi connectivity index (χ2n) is 10.7. The summed E-state index contributed by atoms with van der Waals surface area (Å²) in [6.45, 7) is 3.40. The van der Waals surface area contributed by atoms with Gasteiger partial charge in [-0.1, -0.05) is 6.07 Å². The minimum absolute atomic E-state index is 0.0347. The summed E-state index contributed by atoms with van der Waals surface area (Å²) in [5.74, 6) is -2.99. The number of hydrogen-bond donors (Lipinski definition) is 2. The number of anilines is 3. The van der Waals surface area contributed by atoms with Gasteiger partial charge in [0.1, 0.15) is 17.7 Å². The number of alkyl halides is 5. The summed E-state index contributed by atoms with van der Waals surface area (Å²) in [5.41, 5.74) is 2.75. The third kappa shape index (κ3) is 6.41. The van der Waals surface area contributed by atoms with Gasteiger partial charge in [-0.05, 0) is 60.2 Å². The van der Waals surface area contributed by atoms with Gasteiger partial charge in [0.2, 0.25) is 0 Å². The van der Waals surface area contributed by atoms with Crippen LogP contribution in [0.5, 0.6) is 0 Å². The molecular weight excluding hydrogens is 537 g/mol. The predicted octanol–water partition coefficient (Wildman–Crippen LogP) is 4.52. The van der Waals surface area contributed by atoms with E-state index in [-0.39, 0.29) is 19.6 Å². The van der Waals surface area contributed by atoms with Crippen LogP contribution in [0.25, 0.3) is 11.1 Å². The van der Waals surface area contributed by atoms with Crippen molar-refractivity contribution in [2.24, 2.45) is 5.92 Å².